The maximum absolute atomic E-state index is 15.3. The van der Waals surface area contributed by atoms with Crippen molar-refractivity contribution in [3.8, 4) is 11.6 Å². The monoisotopic (exact) mass is 902 g/mol. The first-order valence-electron chi connectivity index (χ1n) is 23.8. The van der Waals surface area contributed by atoms with Crippen LogP contribution in [0.15, 0.2) is 36.9 Å². The van der Waals surface area contributed by atoms with Crippen molar-refractivity contribution in [1.29, 1.82) is 0 Å². The van der Waals surface area contributed by atoms with E-state index in [0.29, 0.717) is 43.5 Å². The number of ether oxygens (including phenoxy) is 3. The summed E-state index contributed by atoms with van der Waals surface area (Å²) < 4.78 is 47.6. The number of likely N-dealkylation sites (tertiary alicyclic amines) is 1. The SMILES string of the molecule is C=C[C@@H]1C[C@]1(NC(=O)C1C[C@@H]2CN1C(=O)[C@H](C1(C)CCCCC1)NC(=O)O[C@@H]1CC1CCCCCc1c(nc3ccccc3c1OC1CCN(C)CC1)O2)C(=O)NS(=O)(=O)C1(C)CC1. The van der Waals surface area contributed by atoms with Crippen molar-refractivity contribution in [2.24, 2.45) is 17.3 Å². The summed E-state index contributed by atoms with van der Waals surface area (Å²) in [5.74, 6) is -0.966. The highest BCUT2D eigenvalue weighted by atomic mass is 32.2. The fraction of sp³-hybridized carbons (Fsp3) is 0.688. The van der Waals surface area contributed by atoms with Gasteiger partial charge in [-0.1, -0.05) is 57.2 Å². The molecule has 2 bridgehead atoms. The van der Waals surface area contributed by atoms with Gasteiger partial charge in [-0.05, 0) is 108 Å². The van der Waals surface area contributed by atoms with Crippen LogP contribution in [0.4, 0.5) is 4.79 Å². The first-order chi connectivity index (χ1) is 30.6. The number of alkyl carbamates (subject to hydrolysis) is 1. The first-order valence-corrected chi connectivity index (χ1v) is 25.3. The van der Waals surface area contributed by atoms with Gasteiger partial charge in [0.15, 0.2) is 0 Å². The average molecular weight is 903 g/mol. The van der Waals surface area contributed by atoms with E-state index < -0.39 is 73.6 Å². The molecular weight excluding hydrogens is 837 g/mol. The summed E-state index contributed by atoms with van der Waals surface area (Å²) in [7, 11) is -1.89. The number of nitrogens with one attached hydrogen (secondary N) is 3. The van der Waals surface area contributed by atoms with Crippen molar-refractivity contribution in [1.82, 2.24) is 30.1 Å². The molecule has 4 aliphatic carbocycles. The molecule has 3 aliphatic heterocycles. The summed E-state index contributed by atoms with van der Waals surface area (Å²) in [6.07, 6.45) is 12.2. The van der Waals surface area contributed by atoms with Gasteiger partial charge in [0.2, 0.25) is 27.7 Å². The van der Waals surface area contributed by atoms with Crippen molar-refractivity contribution < 1.29 is 41.8 Å². The number of rotatable bonds is 9. The predicted molar refractivity (Wildman–Crippen MR) is 240 cm³/mol. The third kappa shape index (κ3) is 8.93. The zero-order valence-electron chi connectivity index (χ0n) is 37.7. The molecule has 1 aromatic heterocycles. The second kappa shape index (κ2) is 17.4. The van der Waals surface area contributed by atoms with Crippen molar-refractivity contribution >= 4 is 44.7 Å². The van der Waals surface area contributed by atoms with E-state index >= 15 is 4.79 Å². The number of aromatic nitrogens is 1. The number of hydrogen-bond acceptors (Lipinski definition) is 11. The van der Waals surface area contributed by atoms with Gasteiger partial charge in [-0.15, -0.1) is 6.58 Å². The Bertz CT molecular complexity index is 2270. The van der Waals surface area contributed by atoms with Crippen LogP contribution < -0.4 is 24.8 Å². The zero-order chi connectivity index (χ0) is 45.0. The molecule has 4 saturated carbocycles. The normalized spacial score (nSPS) is 32.0. The molecule has 2 aromatic rings. The number of carbonyl (C=O) groups is 4. The summed E-state index contributed by atoms with van der Waals surface area (Å²) in [5, 5.41) is 6.84. The fourth-order valence-corrected chi connectivity index (χ4v) is 12.1. The number of amides is 4. The second-order valence-corrected chi connectivity index (χ2v) is 22.8. The van der Waals surface area contributed by atoms with Gasteiger partial charge in [0.25, 0.3) is 5.91 Å². The standard InChI is InChI=1S/C48H66N6O9S/c1-5-31-28-48(31,44(57)52-64(59,60)47(3)22-23-47)51-41(55)37-27-33-29-54(37)43(56)40(46(2)20-12-7-13-21-46)50-45(58)63-38-26-30(38)14-8-6-9-16-35-39(61-32-18-24-53(4)25-19-32)34-15-10-11-17-36(34)49-42(35)62-33/h5,10-11,15,17,30-33,37-38,40H,1,6-9,12-14,16,18-29H2,2-4H3,(H,50,58)(H,51,55)(H,52,57)/t30?,31-,33-,37?,38-,40-,48-/m1/s1. The maximum atomic E-state index is 15.3. The first kappa shape index (κ1) is 44.7. The van der Waals surface area contributed by atoms with Crippen molar-refractivity contribution in [3.05, 3.63) is 42.5 Å². The van der Waals surface area contributed by atoms with Gasteiger partial charge in [0.05, 0.1) is 22.4 Å². The quantitative estimate of drug-likeness (QED) is 0.263. The predicted octanol–water partition coefficient (Wildman–Crippen LogP) is 5.69. The molecule has 2 unspecified atom stereocenters. The van der Waals surface area contributed by atoms with Crippen LogP contribution in [0, 0.1) is 17.3 Å². The smallest absolute Gasteiger partial charge is 0.408 e. The number of hydrogen-bond donors (Lipinski definition) is 3. The molecule has 0 spiro atoms. The lowest BCUT2D eigenvalue weighted by Crippen LogP contribution is -2.61. The highest BCUT2D eigenvalue weighted by Crippen LogP contribution is 2.48. The number of nitrogens with zero attached hydrogens (tertiary/aromatic N) is 3. The lowest BCUT2D eigenvalue weighted by Gasteiger charge is -2.42. The number of sulfonamides is 1. The summed E-state index contributed by atoms with van der Waals surface area (Å²) >= 11 is 0. The van der Waals surface area contributed by atoms with Crippen molar-refractivity contribution in [2.45, 2.75) is 164 Å². The summed E-state index contributed by atoms with van der Waals surface area (Å²) in [5.41, 5.74) is -0.608. The molecule has 2 saturated heterocycles. The van der Waals surface area contributed by atoms with Gasteiger partial charge < -0.3 is 34.6 Å². The lowest BCUT2D eigenvalue weighted by atomic mass is 9.70. The van der Waals surface area contributed by atoms with Gasteiger partial charge in [-0.25, -0.2) is 18.2 Å². The number of para-hydroxylation sites is 1. The lowest BCUT2D eigenvalue weighted by molar-refractivity contribution is -0.143. The minimum absolute atomic E-state index is 0.000834. The fourth-order valence-electron chi connectivity index (χ4n) is 10.8. The van der Waals surface area contributed by atoms with E-state index in [9.17, 15) is 22.8 Å². The number of fused-ring (bicyclic) bond motifs is 5. The van der Waals surface area contributed by atoms with E-state index in [-0.39, 0.29) is 37.5 Å². The van der Waals surface area contributed by atoms with Crippen LogP contribution >= 0.6 is 0 Å². The summed E-state index contributed by atoms with van der Waals surface area (Å²) in [6, 6.07) is 5.78. The zero-order valence-corrected chi connectivity index (χ0v) is 38.5. The highest BCUT2D eigenvalue weighted by Gasteiger charge is 2.63. The Balaban J connectivity index is 1.08. The molecule has 348 valence electrons. The molecule has 4 heterocycles. The Hall–Kier alpha value is -4.44. The van der Waals surface area contributed by atoms with E-state index in [1.54, 1.807) is 13.0 Å². The van der Waals surface area contributed by atoms with Gasteiger partial charge in [0.1, 0.15) is 41.7 Å². The van der Waals surface area contributed by atoms with Crippen LogP contribution in [0.2, 0.25) is 0 Å². The van der Waals surface area contributed by atoms with Crippen molar-refractivity contribution in [2.75, 3.05) is 26.7 Å². The molecule has 4 amide bonds. The Morgan fingerprint density at radius 3 is 2.42 bits per heavy atom. The maximum Gasteiger partial charge on any atom is 0.408 e. The van der Waals surface area contributed by atoms with Crippen LogP contribution in [-0.4, -0.2) is 114 Å². The molecule has 7 atom stereocenters. The molecule has 1 aromatic carbocycles. The molecule has 9 rings (SSSR count). The number of benzene rings is 1. The summed E-state index contributed by atoms with van der Waals surface area (Å²) in [4.78, 5) is 66.7. The van der Waals surface area contributed by atoms with E-state index in [1.165, 1.54) is 4.90 Å². The van der Waals surface area contributed by atoms with Crippen LogP contribution in [0.25, 0.3) is 10.9 Å². The summed E-state index contributed by atoms with van der Waals surface area (Å²) in [6.45, 7) is 9.35. The number of piperidine rings is 1. The molecule has 3 N–H and O–H groups in total. The highest BCUT2D eigenvalue weighted by molar-refractivity contribution is 7.91. The third-order valence-electron chi connectivity index (χ3n) is 15.7. The Kier molecular flexibility index (Phi) is 12.2. The van der Waals surface area contributed by atoms with Gasteiger partial charge in [-0.3, -0.25) is 19.1 Å². The number of carbonyl (C=O) groups excluding carboxylic acids is 4. The van der Waals surface area contributed by atoms with Crippen LogP contribution in [-0.2, 0) is 35.6 Å². The van der Waals surface area contributed by atoms with Gasteiger partial charge in [-0.2, -0.15) is 0 Å². The molecule has 0 radical (unpaired) electrons. The minimum Gasteiger partial charge on any atom is -0.489 e. The van der Waals surface area contributed by atoms with E-state index in [0.717, 1.165) is 94.0 Å². The Morgan fingerprint density at radius 1 is 0.969 bits per heavy atom. The molecule has 64 heavy (non-hydrogen) atoms. The Morgan fingerprint density at radius 2 is 1.70 bits per heavy atom. The van der Waals surface area contributed by atoms with E-state index in [4.69, 9.17) is 19.2 Å². The van der Waals surface area contributed by atoms with Crippen LogP contribution in [0.1, 0.15) is 122 Å². The third-order valence-corrected chi connectivity index (χ3v) is 17.8. The molecular formula is C48H66N6O9S. The molecule has 15 nitrogen and oxygen atoms in total. The largest absolute Gasteiger partial charge is 0.489 e. The van der Waals surface area contributed by atoms with E-state index in [2.05, 4.69) is 33.9 Å². The van der Waals surface area contributed by atoms with Gasteiger partial charge >= 0.3 is 6.09 Å². The Labute approximate surface area is 377 Å². The van der Waals surface area contributed by atoms with Crippen LogP contribution in [0.5, 0.6) is 11.6 Å². The number of pyridine rings is 1. The van der Waals surface area contributed by atoms with Crippen molar-refractivity contribution in [3.63, 3.8) is 0 Å². The average Bonchev–Trinajstić information content (AvgIpc) is 4.23. The second-order valence-electron chi connectivity index (χ2n) is 20.6. The minimum atomic E-state index is -4.01. The van der Waals surface area contributed by atoms with E-state index in [1.807, 2.05) is 31.2 Å². The van der Waals surface area contributed by atoms with Crippen LogP contribution in [0.3, 0.4) is 0 Å². The topological polar surface area (TPSA) is 186 Å². The van der Waals surface area contributed by atoms with Gasteiger partial charge in [0, 0.05) is 30.8 Å². The molecule has 6 fully saturated rings. The molecule has 16 heteroatoms. The molecule has 7 aliphatic rings.